The molecule has 0 bridgehead atoms. The van der Waals surface area contributed by atoms with Crippen molar-refractivity contribution < 1.29 is 46.9 Å². The van der Waals surface area contributed by atoms with Gasteiger partial charge in [0.15, 0.2) is 0 Å². The highest BCUT2D eigenvalue weighted by Gasteiger charge is 2.64. The van der Waals surface area contributed by atoms with Crippen molar-refractivity contribution in [2.75, 3.05) is 39.4 Å². The number of amides is 4. The molecular formula is C54H68ClF3N8O7S. The number of aliphatic hydroxyl groups excluding tert-OH is 1. The van der Waals surface area contributed by atoms with E-state index in [2.05, 4.69) is 25.3 Å². The van der Waals surface area contributed by atoms with Crippen molar-refractivity contribution in [2.24, 2.45) is 16.2 Å². The number of nitrogens with zero attached hydrogens (tertiary/aromatic N) is 5. The van der Waals surface area contributed by atoms with Crippen molar-refractivity contribution in [3.05, 3.63) is 100.0 Å². The maximum Gasteiger partial charge on any atom is 0.390 e. The van der Waals surface area contributed by atoms with Gasteiger partial charge in [0.05, 0.1) is 40.6 Å². The smallest absolute Gasteiger partial charge is 0.390 e. The summed E-state index contributed by atoms with van der Waals surface area (Å²) in [5.41, 5.74) is 2.50. The maximum atomic E-state index is 14.2. The van der Waals surface area contributed by atoms with Crippen LogP contribution in [0.1, 0.15) is 113 Å². The molecule has 0 unspecified atom stereocenters. The highest BCUT2D eigenvalue weighted by molar-refractivity contribution is 7.09. The SMILES string of the molecule is Cc1cnsc1-c1ccc([C@H](C)NC(=O)[C@@H]2C[C@@H](O)CN2C(=O)[C@@H](NC(=O)COCCN(CCCc2ccc(C(=O)NC3C(C)(C)C(Oc4ccc(C#N)c(Cl)c4)C3(C)C)nc2)CCC(F)(F)F)C(C)(C)C)cc1. The van der Waals surface area contributed by atoms with Gasteiger partial charge in [-0.25, -0.2) is 4.37 Å². The maximum absolute atomic E-state index is 14.2. The first-order valence-electron chi connectivity index (χ1n) is 24.8. The summed E-state index contributed by atoms with van der Waals surface area (Å²) < 4.78 is 56.3. The molecule has 400 valence electrons. The first kappa shape index (κ1) is 57.6. The molecule has 4 aromatic rings. The summed E-state index contributed by atoms with van der Waals surface area (Å²) in [6.45, 7) is 16.6. The summed E-state index contributed by atoms with van der Waals surface area (Å²) in [5.74, 6) is -1.44. The number of likely N-dealkylation sites (tertiary alicyclic amines) is 1. The Balaban J connectivity index is 0.964. The molecule has 4 atom stereocenters. The number of pyridine rings is 1. The lowest BCUT2D eigenvalue weighted by molar-refractivity contribution is -0.164. The summed E-state index contributed by atoms with van der Waals surface area (Å²) in [4.78, 5) is 63.0. The molecule has 1 aliphatic carbocycles. The van der Waals surface area contributed by atoms with Gasteiger partial charge in [0.25, 0.3) is 5.91 Å². The van der Waals surface area contributed by atoms with Crippen molar-refractivity contribution in [2.45, 2.75) is 131 Å². The number of carbonyl (C=O) groups excluding carboxylic acids is 4. The number of β-amino-alcohol motifs (C(OH)–C–C–N with tert-alkyl or cyclic N) is 1. The van der Waals surface area contributed by atoms with E-state index >= 15 is 0 Å². The van der Waals surface area contributed by atoms with Crippen LogP contribution in [-0.4, -0.2) is 124 Å². The first-order chi connectivity index (χ1) is 34.7. The highest BCUT2D eigenvalue weighted by Crippen LogP contribution is 2.55. The van der Waals surface area contributed by atoms with Crippen LogP contribution in [0.5, 0.6) is 5.75 Å². The molecule has 0 spiro atoms. The molecule has 2 aromatic heterocycles. The minimum absolute atomic E-state index is 0.0196. The second-order valence-electron chi connectivity index (χ2n) is 21.7. The Morgan fingerprint density at radius 3 is 2.30 bits per heavy atom. The highest BCUT2D eigenvalue weighted by atomic mass is 35.5. The molecule has 2 fully saturated rings. The van der Waals surface area contributed by atoms with E-state index in [-0.39, 0.29) is 63.0 Å². The van der Waals surface area contributed by atoms with E-state index in [1.54, 1.807) is 62.2 Å². The molecule has 0 radical (unpaired) electrons. The normalized spacial score (nSPS) is 20.0. The van der Waals surface area contributed by atoms with E-state index in [0.29, 0.717) is 29.2 Å². The number of alkyl halides is 3. The van der Waals surface area contributed by atoms with Gasteiger partial charge in [0, 0.05) is 61.4 Å². The van der Waals surface area contributed by atoms with E-state index in [1.165, 1.54) is 16.4 Å². The zero-order valence-electron chi connectivity index (χ0n) is 43.4. The number of aliphatic hydroxyl groups is 1. The van der Waals surface area contributed by atoms with Crippen LogP contribution in [0.3, 0.4) is 0 Å². The van der Waals surface area contributed by atoms with E-state index in [9.17, 15) is 42.7 Å². The Hall–Kier alpha value is -5.65. The number of hydrogen-bond acceptors (Lipinski definition) is 12. The third kappa shape index (κ3) is 14.4. The Labute approximate surface area is 440 Å². The Bertz CT molecular complexity index is 2640. The van der Waals surface area contributed by atoms with Crippen molar-refractivity contribution in [3.63, 3.8) is 0 Å². The third-order valence-corrected chi connectivity index (χ3v) is 15.3. The third-order valence-electron chi connectivity index (χ3n) is 14.0. The van der Waals surface area contributed by atoms with E-state index in [4.69, 9.17) is 21.1 Å². The second-order valence-corrected chi connectivity index (χ2v) is 22.9. The number of nitriles is 1. The summed E-state index contributed by atoms with van der Waals surface area (Å²) in [6, 6.07) is 15.3. The van der Waals surface area contributed by atoms with Gasteiger partial charge in [0.2, 0.25) is 17.7 Å². The van der Waals surface area contributed by atoms with Gasteiger partial charge in [-0.05, 0) is 90.6 Å². The summed E-state index contributed by atoms with van der Waals surface area (Å²) in [5, 5.41) is 29.0. The number of carbonyl (C=O) groups is 4. The van der Waals surface area contributed by atoms with Crippen LogP contribution in [0.2, 0.25) is 5.02 Å². The molecule has 20 heteroatoms. The zero-order valence-corrected chi connectivity index (χ0v) is 45.0. The molecule has 4 N–H and O–H groups in total. The van der Waals surface area contributed by atoms with Crippen molar-refractivity contribution in [1.29, 1.82) is 5.26 Å². The van der Waals surface area contributed by atoms with Gasteiger partial charge in [-0.1, -0.05) is 90.4 Å². The topological polar surface area (TPSA) is 199 Å². The van der Waals surface area contributed by atoms with Crippen LogP contribution >= 0.6 is 23.1 Å². The minimum Gasteiger partial charge on any atom is -0.489 e. The number of ether oxygens (including phenoxy) is 2. The van der Waals surface area contributed by atoms with Gasteiger partial charge in [-0.15, -0.1) is 0 Å². The van der Waals surface area contributed by atoms with Crippen LogP contribution in [0.15, 0.2) is 67.0 Å². The predicted molar refractivity (Wildman–Crippen MR) is 276 cm³/mol. The van der Waals surface area contributed by atoms with Crippen LogP contribution in [0.25, 0.3) is 10.4 Å². The molecule has 6 rings (SSSR count). The Morgan fingerprint density at radius 2 is 1.70 bits per heavy atom. The van der Waals surface area contributed by atoms with Crippen LogP contribution in [0, 0.1) is 34.5 Å². The number of aromatic nitrogens is 2. The van der Waals surface area contributed by atoms with Gasteiger partial charge in [0.1, 0.15) is 42.3 Å². The van der Waals surface area contributed by atoms with Crippen molar-refractivity contribution in [3.8, 4) is 22.3 Å². The number of aryl methyl sites for hydroxylation is 2. The Kier molecular flexibility index (Phi) is 18.6. The molecule has 1 saturated carbocycles. The van der Waals surface area contributed by atoms with Crippen LogP contribution in [-0.2, 0) is 25.5 Å². The van der Waals surface area contributed by atoms with Gasteiger partial charge in [-0.2, -0.15) is 18.4 Å². The fourth-order valence-electron chi connectivity index (χ4n) is 10.2. The summed E-state index contributed by atoms with van der Waals surface area (Å²) in [7, 11) is 0. The van der Waals surface area contributed by atoms with Gasteiger partial charge >= 0.3 is 6.18 Å². The monoisotopic (exact) mass is 1060 g/mol. The minimum atomic E-state index is -4.39. The lowest BCUT2D eigenvalue weighted by Gasteiger charge is -2.63. The standard InChI is InChI=1S/C54H68ClF3N8O7S/c1-32-28-61-74-44(32)36-15-13-35(14-16-36)33(2)62-47(70)42-25-38(67)30-66(42)48(71)45(51(3,4)5)63-43(68)31-72-24-23-65(22-20-54(56,57)58)21-10-11-34-12-19-41(60-29-34)46(69)64-49-52(6,7)50(53(49,8)9)73-39-18-17-37(27-59)40(55)26-39/h12-19,26,28-29,33,38,42,45,49-50,67H,10-11,20-25,30-31H2,1-9H3,(H,62,70)(H,63,68)(H,64,69)/t33-,38+,42-,45+,49?,50?/m0/s1. The molecular weight excluding hydrogens is 997 g/mol. The van der Waals surface area contributed by atoms with E-state index < -0.39 is 77.4 Å². The number of halogens is 4. The van der Waals surface area contributed by atoms with E-state index in [1.807, 2.05) is 78.1 Å². The molecule has 15 nitrogen and oxygen atoms in total. The Morgan fingerprint density at radius 1 is 1.00 bits per heavy atom. The van der Waals surface area contributed by atoms with Crippen LogP contribution < -0.4 is 20.7 Å². The quantitative estimate of drug-likeness (QED) is 0.0587. The van der Waals surface area contributed by atoms with E-state index in [0.717, 1.165) is 27.1 Å². The number of nitrogens with one attached hydrogen (secondary N) is 3. The lowest BCUT2D eigenvalue weighted by Crippen LogP contribution is -2.74. The largest absolute Gasteiger partial charge is 0.489 e. The molecule has 1 aliphatic heterocycles. The predicted octanol–water partition coefficient (Wildman–Crippen LogP) is 8.22. The molecule has 2 aliphatic rings. The average Bonchev–Trinajstić information content (AvgIpc) is 3.96. The fourth-order valence-corrected chi connectivity index (χ4v) is 11.2. The molecule has 2 aromatic carbocycles. The second kappa shape index (κ2) is 23.9. The summed E-state index contributed by atoms with van der Waals surface area (Å²) >= 11 is 7.64. The number of benzene rings is 2. The van der Waals surface area contributed by atoms with Gasteiger partial charge < -0.3 is 40.3 Å². The first-order valence-corrected chi connectivity index (χ1v) is 25.9. The lowest BCUT2D eigenvalue weighted by atomic mass is 9.49. The number of hydrogen-bond donors (Lipinski definition) is 4. The molecule has 3 heterocycles. The van der Waals surface area contributed by atoms with Crippen molar-refractivity contribution in [1.82, 2.24) is 35.1 Å². The summed E-state index contributed by atoms with van der Waals surface area (Å²) in [6.07, 6.45) is -2.31. The average molecular weight is 1070 g/mol. The van der Waals surface area contributed by atoms with Crippen LogP contribution in [0.4, 0.5) is 13.2 Å². The number of rotatable bonds is 21. The molecule has 74 heavy (non-hydrogen) atoms. The molecule has 4 amide bonds. The fraction of sp³-hybridized carbons (Fsp3) is 0.537. The van der Waals surface area contributed by atoms with Crippen molar-refractivity contribution >= 4 is 46.8 Å². The zero-order chi connectivity index (χ0) is 54.3. The molecule has 1 saturated heterocycles. The van der Waals surface area contributed by atoms with Gasteiger partial charge in [-0.3, -0.25) is 24.2 Å².